The number of hydrogen-bond donors (Lipinski definition) is 2. The van der Waals surface area contributed by atoms with Gasteiger partial charge in [-0.3, -0.25) is 4.79 Å². The Kier molecular flexibility index (Phi) is 5.03. The predicted octanol–water partition coefficient (Wildman–Crippen LogP) is 4.14. The Bertz CT molecular complexity index is 1160. The van der Waals surface area contributed by atoms with Crippen LogP contribution < -0.4 is 15.4 Å². The number of amides is 1. The lowest BCUT2D eigenvalue weighted by atomic mass is 9.94. The molecule has 7 heteroatoms. The number of aryl methyl sites for hydroxylation is 3. The van der Waals surface area contributed by atoms with Gasteiger partial charge in [0, 0.05) is 11.4 Å². The SMILES string of the molecule is COc1cc(C2C(C(=O)Nc3ccc(C)cc3C)=C(C)Nc3ncnn32)ccc1C. The number of carbonyl (C=O) groups is 1. The number of fused-ring (bicyclic) bond motifs is 1. The molecular formula is C23H25N5O2. The molecule has 1 aliphatic rings. The second-order valence-electron chi connectivity index (χ2n) is 7.60. The minimum atomic E-state index is -0.427. The molecule has 7 nitrogen and oxygen atoms in total. The molecule has 0 saturated carbocycles. The fraction of sp³-hybridized carbons (Fsp3) is 0.261. The Hall–Kier alpha value is -3.61. The maximum absolute atomic E-state index is 13.5. The number of aromatic nitrogens is 3. The normalized spacial score (nSPS) is 15.4. The maximum Gasteiger partial charge on any atom is 0.255 e. The van der Waals surface area contributed by atoms with Crippen molar-refractivity contribution in [2.24, 2.45) is 0 Å². The number of benzene rings is 2. The quantitative estimate of drug-likeness (QED) is 0.684. The summed E-state index contributed by atoms with van der Waals surface area (Å²) < 4.78 is 7.24. The number of anilines is 2. The van der Waals surface area contributed by atoms with Crippen LogP contribution in [0.1, 0.15) is 35.2 Å². The molecule has 4 rings (SSSR count). The molecular weight excluding hydrogens is 378 g/mol. The third kappa shape index (κ3) is 3.43. The first kappa shape index (κ1) is 19.7. The molecule has 3 aromatic rings. The van der Waals surface area contributed by atoms with Gasteiger partial charge in [-0.15, -0.1) is 0 Å². The van der Waals surface area contributed by atoms with Crippen LogP contribution in [0.15, 0.2) is 54.0 Å². The van der Waals surface area contributed by atoms with E-state index < -0.39 is 6.04 Å². The minimum absolute atomic E-state index is 0.183. The fourth-order valence-corrected chi connectivity index (χ4v) is 3.84. The Morgan fingerprint density at radius 1 is 1.10 bits per heavy atom. The van der Waals surface area contributed by atoms with E-state index in [1.54, 1.807) is 11.8 Å². The molecule has 0 fully saturated rings. The highest BCUT2D eigenvalue weighted by Gasteiger charge is 2.33. The van der Waals surface area contributed by atoms with E-state index in [1.165, 1.54) is 6.33 Å². The Labute approximate surface area is 175 Å². The van der Waals surface area contributed by atoms with Gasteiger partial charge in [0.05, 0.1) is 12.7 Å². The standard InChI is InChI=1S/C23H25N5O2/c1-13-6-9-18(15(3)10-13)27-22(29)20-16(4)26-23-24-12-25-28(23)21(20)17-8-7-14(2)19(11-17)30-5/h6-12,21H,1-5H3,(H,27,29)(H,24,25,26). The lowest BCUT2D eigenvalue weighted by Gasteiger charge is -2.29. The lowest BCUT2D eigenvalue weighted by Crippen LogP contribution is -2.31. The average molecular weight is 403 g/mol. The van der Waals surface area contributed by atoms with Gasteiger partial charge in [0.25, 0.3) is 5.91 Å². The highest BCUT2D eigenvalue weighted by molar-refractivity contribution is 6.06. The molecule has 1 unspecified atom stereocenters. The van der Waals surface area contributed by atoms with Crippen LogP contribution >= 0.6 is 0 Å². The van der Waals surface area contributed by atoms with Gasteiger partial charge in [-0.05, 0) is 56.5 Å². The number of nitrogens with one attached hydrogen (secondary N) is 2. The van der Waals surface area contributed by atoms with Crippen LogP contribution in [0.3, 0.4) is 0 Å². The van der Waals surface area contributed by atoms with Gasteiger partial charge in [0.1, 0.15) is 18.1 Å². The van der Waals surface area contributed by atoms with E-state index in [-0.39, 0.29) is 5.91 Å². The number of allylic oxidation sites excluding steroid dienone is 1. The summed E-state index contributed by atoms with van der Waals surface area (Å²) in [6.45, 7) is 7.89. The topological polar surface area (TPSA) is 81.1 Å². The van der Waals surface area contributed by atoms with Gasteiger partial charge in [-0.2, -0.15) is 10.1 Å². The van der Waals surface area contributed by atoms with E-state index in [0.717, 1.165) is 39.4 Å². The number of carbonyl (C=O) groups excluding carboxylic acids is 1. The molecule has 2 aromatic carbocycles. The van der Waals surface area contributed by atoms with Crippen LogP contribution in [-0.2, 0) is 4.79 Å². The Morgan fingerprint density at radius 2 is 1.90 bits per heavy atom. The van der Waals surface area contributed by atoms with Crippen LogP contribution in [-0.4, -0.2) is 27.8 Å². The summed E-state index contributed by atoms with van der Waals surface area (Å²) in [7, 11) is 1.64. The molecule has 1 atom stereocenters. The smallest absolute Gasteiger partial charge is 0.255 e. The highest BCUT2D eigenvalue weighted by Crippen LogP contribution is 2.37. The molecule has 0 aliphatic carbocycles. The molecule has 1 amide bonds. The van der Waals surface area contributed by atoms with Crippen molar-refractivity contribution in [3.63, 3.8) is 0 Å². The Morgan fingerprint density at radius 3 is 2.63 bits per heavy atom. The molecule has 1 aliphatic heterocycles. The molecule has 0 saturated heterocycles. The molecule has 30 heavy (non-hydrogen) atoms. The summed E-state index contributed by atoms with van der Waals surface area (Å²) in [4.78, 5) is 17.7. The van der Waals surface area contributed by atoms with Gasteiger partial charge in [-0.1, -0.05) is 29.8 Å². The van der Waals surface area contributed by atoms with Crippen LogP contribution in [0.2, 0.25) is 0 Å². The zero-order valence-corrected chi connectivity index (χ0v) is 17.8. The molecule has 0 radical (unpaired) electrons. The summed E-state index contributed by atoms with van der Waals surface area (Å²) in [5.74, 6) is 1.18. The van der Waals surface area contributed by atoms with E-state index in [1.807, 2.05) is 64.1 Å². The van der Waals surface area contributed by atoms with Crippen molar-refractivity contribution in [2.45, 2.75) is 33.7 Å². The predicted molar refractivity (Wildman–Crippen MR) is 117 cm³/mol. The summed E-state index contributed by atoms with van der Waals surface area (Å²) in [5, 5.41) is 10.7. The second kappa shape index (κ2) is 7.67. The number of hydrogen-bond acceptors (Lipinski definition) is 5. The fourth-order valence-electron chi connectivity index (χ4n) is 3.84. The summed E-state index contributed by atoms with van der Waals surface area (Å²) in [5.41, 5.74) is 6.20. The van der Waals surface area contributed by atoms with E-state index in [4.69, 9.17) is 4.74 Å². The van der Waals surface area contributed by atoms with Crippen LogP contribution in [0.4, 0.5) is 11.6 Å². The molecule has 0 spiro atoms. The number of rotatable bonds is 4. The van der Waals surface area contributed by atoms with Crippen molar-refractivity contribution >= 4 is 17.5 Å². The van der Waals surface area contributed by atoms with Crippen molar-refractivity contribution in [1.82, 2.24) is 14.8 Å². The van der Waals surface area contributed by atoms with Crippen molar-refractivity contribution in [1.29, 1.82) is 0 Å². The van der Waals surface area contributed by atoms with Crippen molar-refractivity contribution in [2.75, 3.05) is 17.7 Å². The van der Waals surface area contributed by atoms with Gasteiger partial charge in [-0.25, -0.2) is 4.68 Å². The zero-order valence-electron chi connectivity index (χ0n) is 17.8. The summed E-state index contributed by atoms with van der Waals surface area (Å²) >= 11 is 0. The van der Waals surface area contributed by atoms with Crippen LogP contribution in [0.25, 0.3) is 0 Å². The van der Waals surface area contributed by atoms with Gasteiger partial charge >= 0.3 is 0 Å². The minimum Gasteiger partial charge on any atom is -0.496 e. The third-order valence-electron chi connectivity index (χ3n) is 5.42. The largest absolute Gasteiger partial charge is 0.496 e. The highest BCUT2D eigenvalue weighted by atomic mass is 16.5. The van der Waals surface area contributed by atoms with E-state index in [9.17, 15) is 4.79 Å². The number of nitrogens with zero attached hydrogens (tertiary/aromatic N) is 3. The maximum atomic E-state index is 13.5. The zero-order chi connectivity index (χ0) is 21.4. The van der Waals surface area contributed by atoms with E-state index in [0.29, 0.717) is 11.5 Å². The molecule has 2 heterocycles. The van der Waals surface area contributed by atoms with Crippen molar-refractivity contribution < 1.29 is 9.53 Å². The molecule has 2 N–H and O–H groups in total. The number of ether oxygens (including phenoxy) is 1. The summed E-state index contributed by atoms with van der Waals surface area (Å²) in [6, 6.07) is 11.5. The first-order valence-electron chi connectivity index (χ1n) is 9.79. The van der Waals surface area contributed by atoms with Gasteiger partial charge in [0.2, 0.25) is 5.95 Å². The van der Waals surface area contributed by atoms with Crippen LogP contribution in [0, 0.1) is 20.8 Å². The van der Waals surface area contributed by atoms with E-state index in [2.05, 4.69) is 20.7 Å². The van der Waals surface area contributed by atoms with Crippen LogP contribution in [0.5, 0.6) is 5.75 Å². The molecule has 0 bridgehead atoms. The van der Waals surface area contributed by atoms with Crippen molar-refractivity contribution in [3.05, 3.63) is 76.2 Å². The lowest BCUT2D eigenvalue weighted by molar-refractivity contribution is -0.113. The van der Waals surface area contributed by atoms with Crippen molar-refractivity contribution in [3.8, 4) is 5.75 Å². The number of methoxy groups -OCH3 is 1. The summed E-state index contributed by atoms with van der Waals surface area (Å²) in [6.07, 6.45) is 1.49. The molecule has 154 valence electrons. The average Bonchev–Trinajstić information content (AvgIpc) is 3.17. The monoisotopic (exact) mass is 403 g/mol. The van der Waals surface area contributed by atoms with E-state index >= 15 is 0 Å². The molecule has 1 aromatic heterocycles. The first-order chi connectivity index (χ1) is 14.4. The second-order valence-corrected chi connectivity index (χ2v) is 7.60. The Balaban J connectivity index is 1.78. The van der Waals surface area contributed by atoms with Gasteiger partial charge < -0.3 is 15.4 Å². The first-order valence-corrected chi connectivity index (χ1v) is 9.79. The van der Waals surface area contributed by atoms with Gasteiger partial charge in [0.15, 0.2) is 0 Å². The third-order valence-corrected chi connectivity index (χ3v) is 5.42.